The summed E-state index contributed by atoms with van der Waals surface area (Å²) in [5.74, 6) is 0.167. The third-order valence-electron chi connectivity index (χ3n) is 3.51. The summed E-state index contributed by atoms with van der Waals surface area (Å²) in [4.78, 5) is 1.89. The molecule has 2 N–H and O–H groups in total. The zero-order valence-electron chi connectivity index (χ0n) is 11.4. The molecule has 0 aromatic heterocycles. The van der Waals surface area contributed by atoms with E-state index in [-0.39, 0.29) is 12.5 Å². The molecule has 1 unspecified atom stereocenters. The van der Waals surface area contributed by atoms with Gasteiger partial charge in [0.25, 0.3) is 0 Å². The van der Waals surface area contributed by atoms with Crippen molar-refractivity contribution >= 4 is 23.0 Å². The van der Waals surface area contributed by atoms with E-state index in [0.29, 0.717) is 17.3 Å². The molecule has 0 radical (unpaired) electrons. The van der Waals surface area contributed by atoms with Crippen LogP contribution in [0.3, 0.4) is 0 Å². The number of anilines is 1. The van der Waals surface area contributed by atoms with Gasteiger partial charge in [-0.1, -0.05) is 6.07 Å². The third-order valence-corrected chi connectivity index (χ3v) is 3.87. The number of benzene rings is 1. The number of likely N-dealkylation sites (tertiary alicyclic amines) is 1. The van der Waals surface area contributed by atoms with Crippen molar-refractivity contribution in [3.63, 3.8) is 0 Å². The molecule has 116 valence electrons. The minimum absolute atomic E-state index is 0.0999. The summed E-state index contributed by atoms with van der Waals surface area (Å²) in [5.41, 5.74) is -0.386. The Morgan fingerprint density at radius 3 is 2.86 bits per heavy atom. The summed E-state index contributed by atoms with van der Waals surface area (Å²) in [6.45, 7) is 1.48. The molecule has 0 saturated carbocycles. The highest BCUT2D eigenvalue weighted by atomic mass is 32.1. The number of aliphatic hydroxyl groups excluding tert-OH is 1. The first kappa shape index (κ1) is 16.0. The molecule has 2 rings (SSSR count). The maximum atomic E-state index is 12.7. The molecule has 1 aliphatic heterocycles. The summed E-state index contributed by atoms with van der Waals surface area (Å²) < 4.78 is 38.0. The standard InChI is InChI=1S/C14H17F3N2OS/c15-14(16,17)11-4-1-5-12(7-11)18-13(21)19-6-2-3-10(8-19)9-20/h1,4-5,7,10,20H,2-3,6,8-9H2,(H,18,21). The number of nitrogens with zero attached hydrogens (tertiary/aromatic N) is 1. The number of nitrogens with one attached hydrogen (secondary N) is 1. The largest absolute Gasteiger partial charge is 0.416 e. The van der Waals surface area contributed by atoms with E-state index in [4.69, 9.17) is 12.2 Å². The van der Waals surface area contributed by atoms with E-state index < -0.39 is 11.7 Å². The van der Waals surface area contributed by atoms with E-state index in [1.165, 1.54) is 6.07 Å². The summed E-state index contributed by atoms with van der Waals surface area (Å²) in [6.07, 6.45) is -2.51. The number of halogens is 3. The molecule has 21 heavy (non-hydrogen) atoms. The number of hydrogen-bond acceptors (Lipinski definition) is 2. The van der Waals surface area contributed by atoms with Gasteiger partial charge in [-0.05, 0) is 49.2 Å². The van der Waals surface area contributed by atoms with Crippen molar-refractivity contribution < 1.29 is 18.3 Å². The van der Waals surface area contributed by atoms with Gasteiger partial charge >= 0.3 is 6.18 Å². The number of aliphatic hydroxyl groups is 1. The Bertz CT molecular complexity index is 507. The van der Waals surface area contributed by atoms with Crippen LogP contribution in [0.1, 0.15) is 18.4 Å². The Balaban J connectivity index is 2.02. The lowest BCUT2D eigenvalue weighted by Gasteiger charge is -2.33. The maximum Gasteiger partial charge on any atom is 0.416 e. The van der Waals surface area contributed by atoms with E-state index in [9.17, 15) is 18.3 Å². The number of rotatable bonds is 2. The minimum atomic E-state index is -4.37. The molecule has 1 saturated heterocycles. The molecule has 1 aromatic carbocycles. The Labute approximate surface area is 126 Å². The Morgan fingerprint density at radius 1 is 1.43 bits per heavy atom. The summed E-state index contributed by atoms with van der Waals surface area (Å²) >= 11 is 5.25. The SMILES string of the molecule is OCC1CCCN(C(=S)Nc2cccc(C(F)(F)F)c2)C1. The van der Waals surface area contributed by atoms with Gasteiger partial charge in [0.15, 0.2) is 5.11 Å². The molecule has 1 aromatic rings. The van der Waals surface area contributed by atoms with Crippen LogP contribution in [0.15, 0.2) is 24.3 Å². The molecule has 1 fully saturated rings. The van der Waals surface area contributed by atoms with Crippen LogP contribution in [-0.4, -0.2) is 34.8 Å². The lowest BCUT2D eigenvalue weighted by Crippen LogP contribution is -2.43. The van der Waals surface area contributed by atoms with Gasteiger partial charge in [-0.15, -0.1) is 0 Å². The van der Waals surface area contributed by atoms with Crippen molar-refractivity contribution in [1.29, 1.82) is 0 Å². The molecule has 0 aliphatic carbocycles. The van der Waals surface area contributed by atoms with Gasteiger partial charge in [-0.3, -0.25) is 0 Å². The van der Waals surface area contributed by atoms with Crippen molar-refractivity contribution in [2.75, 3.05) is 25.0 Å². The van der Waals surface area contributed by atoms with Gasteiger partial charge < -0.3 is 15.3 Å². The maximum absolute atomic E-state index is 12.7. The van der Waals surface area contributed by atoms with E-state index in [1.54, 1.807) is 6.07 Å². The molecular weight excluding hydrogens is 301 g/mol. The van der Waals surface area contributed by atoms with Crippen LogP contribution in [0.4, 0.5) is 18.9 Å². The van der Waals surface area contributed by atoms with Crippen LogP contribution in [0.5, 0.6) is 0 Å². The summed E-state index contributed by atoms with van der Waals surface area (Å²) in [5, 5.41) is 12.4. The Morgan fingerprint density at radius 2 is 2.19 bits per heavy atom. The molecule has 0 amide bonds. The van der Waals surface area contributed by atoms with Crippen LogP contribution in [-0.2, 0) is 6.18 Å². The van der Waals surface area contributed by atoms with E-state index >= 15 is 0 Å². The van der Waals surface area contributed by atoms with Crippen molar-refractivity contribution in [3.05, 3.63) is 29.8 Å². The van der Waals surface area contributed by atoms with Gasteiger partial charge in [0.2, 0.25) is 0 Å². The van der Waals surface area contributed by atoms with Crippen molar-refractivity contribution in [2.24, 2.45) is 5.92 Å². The fraction of sp³-hybridized carbons (Fsp3) is 0.500. The molecule has 3 nitrogen and oxygen atoms in total. The number of alkyl halides is 3. The van der Waals surface area contributed by atoms with Gasteiger partial charge in [0.05, 0.1) is 5.56 Å². The van der Waals surface area contributed by atoms with Crippen LogP contribution >= 0.6 is 12.2 Å². The minimum Gasteiger partial charge on any atom is -0.396 e. The van der Waals surface area contributed by atoms with Crippen LogP contribution in [0, 0.1) is 5.92 Å². The zero-order valence-corrected chi connectivity index (χ0v) is 12.2. The molecule has 1 aliphatic rings. The smallest absolute Gasteiger partial charge is 0.396 e. The van der Waals surface area contributed by atoms with E-state index in [0.717, 1.165) is 31.5 Å². The predicted molar refractivity (Wildman–Crippen MR) is 79.0 cm³/mol. The molecule has 0 spiro atoms. The number of piperidine rings is 1. The zero-order chi connectivity index (χ0) is 15.5. The molecule has 7 heteroatoms. The summed E-state index contributed by atoms with van der Waals surface area (Å²) in [7, 11) is 0. The summed E-state index contributed by atoms with van der Waals surface area (Å²) in [6, 6.07) is 4.96. The van der Waals surface area contributed by atoms with Crippen LogP contribution < -0.4 is 5.32 Å². The van der Waals surface area contributed by atoms with Gasteiger partial charge in [0.1, 0.15) is 0 Å². The number of hydrogen-bond donors (Lipinski definition) is 2. The Kier molecular flexibility index (Phi) is 5.05. The van der Waals surface area contributed by atoms with Crippen molar-refractivity contribution in [3.8, 4) is 0 Å². The van der Waals surface area contributed by atoms with Gasteiger partial charge in [-0.2, -0.15) is 13.2 Å². The third kappa shape index (κ3) is 4.31. The topological polar surface area (TPSA) is 35.5 Å². The van der Waals surface area contributed by atoms with Crippen LogP contribution in [0.2, 0.25) is 0 Å². The second kappa shape index (κ2) is 6.62. The lowest BCUT2D eigenvalue weighted by atomic mass is 9.99. The second-order valence-electron chi connectivity index (χ2n) is 5.15. The molecule has 1 heterocycles. The molecular formula is C14H17F3N2OS. The first-order valence-corrected chi connectivity index (χ1v) is 7.15. The van der Waals surface area contributed by atoms with Crippen molar-refractivity contribution in [1.82, 2.24) is 4.90 Å². The lowest BCUT2D eigenvalue weighted by molar-refractivity contribution is -0.137. The first-order chi connectivity index (χ1) is 9.90. The monoisotopic (exact) mass is 318 g/mol. The quantitative estimate of drug-likeness (QED) is 0.822. The normalized spacial score (nSPS) is 19.4. The van der Waals surface area contributed by atoms with Gasteiger partial charge in [0, 0.05) is 25.4 Å². The highest BCUT2D eigenvalue weighted by molar-refractivity contribution is 7.80. The first-order valence-electron chi connectivity index (χ1n) is 6.74. The van der Waals surface area contributed by atoms with Crippen molar-refractivity contribution in [2.45, 2.75) is 19.0 Å². The van der Waals surface area contributed by atoms with E-state index in [2.05, 4.69) is 5.32 Å². The Hall–Kier alpha value is -1.34. The predicted octanol–water partition coefficient (Wildman–Crippen LogP) is 3.11. The average molecular weight is 318 g/mol. The fourth-order valence-electron chi connectivity index (χ4n) is 2.37. The second-order valence-corrected chi connectivity index (χ2v) is 5.53. The highest BCUT2D eigenvalue weighted by Gasteiger charge is 2.30. The fourth-order valence-corrected chi connectivity index (χ4v) is 2.66. The average Bonchev–Trinajstić information content (AvgIpc) is 2.46. The number of thiocarbonyl (C=S) groups is 1. The molecule has 1 atom stereocenters. The molecule has 0 bridgehead atoms. The van der Waals surface area contributed by atoms with E-state index in [1.807, 2.05) is 4.90 Å². The van der Waals surface area contributed by atoms with Gasteiger partial charge in [-0.25, -0.2) is 0 Å². The van der Waals surface area contributed by atoms with Crippen LogP contribution in [0.25, 0.3) is 0 Å². The highest BCUT2D eigenvalue weighted by Crippen LogP contribution is 2.30.